The SMILES string of the molecule is CC(C)(C)OCCC(NC(=O)c1cncc(-c2ccc3c(c2)CCO3)c1)C(=O)O. The Balaban J connectivity index is 1.70. The number of carbonyl (C=O) groups is 2. The number of carboxylic acids is 1. The third kappa shape index (κ3) is 5.54. The second-order valence-electron chi connectivity index (χ2n) is 8.00. The molecule has 0 bridgehead atoms. The highest BCUT2D eigenvalue weighted by Crippen LogP contribution is 2.30. The molecule has 2 heterocycles. The number of rotatable bonds is 7. The lowest BCUT2D eigenvalue weighted by Crippen LogP contribution is -2.42. The molecule has 1 aliphatic heterocycles. The maximum Gasteiger partial charge on any atom is 0.326 e. The number of carboxylic acid groups (broad SMARTS) is 1. The van der Waals surface area contributed by atoms with Crippen LogP contribution in [0.3, 0.4) is 0 Å². The van der Waals surface area contributed by atoms with Gasteiger partial charge in [-0.25, -0.2) is 4.79 Å². The van der Waals surface area contributed by atoms with E-state index < -0.39 is 17.9 Å². The fourth-order valence-electron chi connectivity index (χ4n) is 3.07. The minimum atomic E-state index is -1.10. The molecule has 7 heteroatoms. The van der Waals surface area contributed by atoms with Gasteiger partial charge >= 0.3 is 5.97 Å². The first-order valence-electron chi connectivity index (χ1n) is 9.62. The van der Waals surface area contributed by atoms with Crippen LogP contribution in [0, 0.1) is 0 Å². The highest BCUT2D eigenvalue weighted by Gasteiger charge is 2.22. The summed E-state index contributed by atoms with van der Waals surface area (Å²) in [5.74, 6) is -0.692. The van der Waals surface area contributed by atoms with Gasteiger partial charge in [-0.2, -0.15) is 0 Å². The van der Waals surface area contributed by atoms with Crippen LogP contribution in [0.15, 0.2) is 36.7 Å². The van der Waals surface area contributed by atoms with Crippen molar-refractivity contribution in [1.82, 2.24) is 10.3 Å². The molecule has 0 saturated heterocycles. The Bertz CT molecular complexity index is 904. The minimum Gasteiger partial charge on any atom is -0.493 e. The lowest BCUT2D eigenvalue weighted by atomic mass is 10.0. The van der Waals surface area contributed by atoms with Crippen LogP contribution >= 0.6 is 0 Å². The Morgan fingerprint density at radius 2 is 2.03 bits per heavy atom. The van der Waals surface area contributed by atoms with E-state index >= 15 is 0 Å². The summed E-state index contributed by atoms with van der Waals surface area (Å²) in [7, 11) is 0. The highest BCUT2D eigenvalue weighted by atomic mass is 16.5. The van der Waals surface area contributed by atoms with Crippen molar-refractivity contribution >= 4 is 11.9 Å². The predicted molar refractivity (Wildman–Crippen MR) is 108 cm³/mol. The van der Waals surface area contributed by atoms with E-state index in [2.05, 4.69) is 10.3 Å². The molecule has 1 amide bonds. The molecule has 0 saturated carbocycles. The number of carbonyl (C=O) groups excluding carboxylic acids is 1. The minimum absolute atomic E-state index is 0.177. The smallest absolute Gasteiger partial charge is 0.326 e. The van der Waals surface area contributed by atoms with Crippen LogP contribution in [0.5, 0.6) is 5.75 Å². The Morgan fingerprint density at radius 1 is 1.24 bits per heavy atom. The standard InChI is InChI=1S/C22H26N2O5/c1-22(2,3)29-9-7-18(21(26)27)24-20(25)17-11-16(12-23-13-17)14-4-5-19-15(10-14)6-8-28-19/h4-5,10-13,18H,6-9H2,1-3H3,(H,24,25)(H,26,27). The van der Waals surface area contributed by atoms with Crippen molar-refractivity contribution in [2.75, 3.05) is 13.2 Å². The number of aliphatic carboxylic acids is 1. The van der Waals surface area contributed by atoms with Gasteiger partial charge in [0.25, 0.3) is 5.91 Å². The maximum atomic E-state index is 12.6. The molecule has 0 spiro atoms. The molecule has 1 aromatic carbocycles. The Hall–Kier alpha value is -2.93. The van der Waals surface area contributed by atoms with Gasteiger partial charge in [0.2, 0.25) is 0 Å². The number of aromatic nitrogens is 1. The van der Waals surface area contributed by atoms with E-state index in [-0.39, 0.29) is 18.6 Å². The summed E-state index contributed by atoms with van der Waals surface area (Å²) in [4.78, 5) is 28.3. The first-order chi connectivity index (χ1) is 13.7. The first kappa shape index (κ1) is 20.8. The van der Waals surface area contributed by atoms with Crippen LogP contribution < -0.4 is 10.1 Å². The molecular weight excluding hydrogens is 372 g/mol. The number of amides is 1. The van der Waals surface area contributed by atoms with Gasteiger partial charge in [-0.05, 0) is 50.1 Å². The number of ether oxygens (including phenoxy) is 2. The second-order valence-corrected chi connectivity index (χ2v) is 8.00. The van der Waals surface area contributed by atoms with Gasteiger partial charge < -0.3 is 19.9 Å². The van der Waals surface area contributed by atoms with Crippen molar-refractivity contribution in [3.05, 3.63) is 47.8 Å². The normalized spacial score (nSPS) is 14.0. The van der Waals surface area contributed by atoms with Crippen molar-refractivity contribution in [3.8, 4) is 16.9 Å². The summed E-state index contributed by atoms with van der Waals surface area (Å²) in [6.07, 6.45) is 4.14. The monoisotopic (exact) mass is 398 g/mol. The van der Waals surface area contributed by atoms with Crippen LogP contribution in [0.2, 0.25) is 0 Å². The fraction of sp³-hybridized carbons (Fsp3) is 0.409. The van der Waals surface area contributed by atoms with Crippen LogP contribution in [-0.2, 0) is 16.0 Å². The second kappa shape index (κ2) is 8.61. The number of hydrogen-bond acceptors (Lipinski definition) is 5. The van der Waals surface area contributed by atoms with E-state index in [9.17, 15) is 14.7 Å². The summed E-state index contributed by atoms with van der Waals surface area (Å²) in [6, 6.07) is 6.55. The number of benzene rings is 1. The van der Waals surface area contributed by atoms with Gasteiger partial charge in [-0.15, -0.1) is 0 Å². The number of fused-ring (bicyclic) bond motifs is 1. The molecule has 3 rings (SSSR count). The molecule has 0 aliphatic carbocycles. The average Bonchev–Trinajstić information content (AvgIpc) is 3.14. The summed E-state index contributed by atoms with van der Waals surface area (Å²) < 4.78 is 11.1. The number of nitrogens with zero attached hydrogens (tertiary/aromatic N) is 1. The predicted octanol–water partition coefficient (Wildman–Crippen LogP) is 3.07. The van der Waals surface area contributed by atoms with Crippen LogP contribution in [0.1, 0.15) is 43.1 Å². The first-order valence-corrected chi connectivity index (χ1v) is 9.62. The molecule has 1 aromatic heterocycles. The zero-order valence-electron chi connectivity index (χ0n) is 16.9. The van der Waals surface area contributed by atoms with E-state index in [4.69, 9.17) is 9.47 Å². The zero-order valence-corrected chi connectivity index (χ0v) is 16.9. The molecular formula is C22H26N2O5. The lowest BCUT2D eigenvalue weighted by Gasteiger charge is -2.21. The van der Waals surface area contributed by atoms with E-state index in [0.717, 1.165) is 28.9 Å². The molecule has 1 atom stereocenters. The highest BCUT2D eigenvalue weighted by molar-refractivity contribution is 5.97. The topological polar surface area (TPSA) is 97.8 Å². The van der Waals surface area contributed by atoms with Gasteiger partial charge in [-0.3, -0.25) is 9.78 Å². The summed E-state index contributed by atoms with van der Waals surface area (Å²) in [5.41, 5.74) is 2.79. The third-order valence-corrected chi connectivity index (χ3v) is 4.57. The van der Waals surface area contributed by atoms with Crippen molar-refractivity contribution in [2.45, 2.75) is 45.3 Å². The van der Waals surface area contributed by atoms with Gasteiger partial charge in [0.05, 0.1) is 17.8 Å². The number of nitrogens with one attached hydrogen (secondary N) is 1. The largest absolute Gasteiger partial charge is 0.493 e. The van der Waals surface area contributed by atoms with E-state index in [1.807, 2.05) is 39.0 Å². The molecule has 29 heavy (non-hydrogen) atoms. The fourth-order valence-corrected chi connectivity index (χ4v) is 3.07. The van der Waals surface area contributed by atoms with E-state index in [0.29, 0.717) is 12.2 Å². The average molecular weight is 398 g/mol. The number of hydrogen-bond donors (Lipinski definition) is 2. The Morgan fingerprint density at radius 3 is 2.76 bits per heavy atom. The molecule has 7 nitrogen and oxygen atoms in total. The summed E-state index contributed by atoms with van der Waals surface area (Å²) in [5, 5.41) is 12.0. The van der Waals surface area contributed by atoms with Gasteiger partial charge in [-0.1, -0.05) is 6.07 Å². The van der Waals surface area contributed by atoms with Crippen LogP contribution in [-0.4, -0.2) is 46.8 Å². The van der Waals surface area contributed by atoms with Gasteiger partial charge in [0, 0.05) is 37.4 Å². The van der Waals surface area contributed by atoms with Crippen molar-refractivity contribution in [1.29, 1.82) is 0 Å². The van der Waals surface area contributed by atoms with Crippen molar-refractivity contribution in [2.24, 2.45) is 0 Å². The van der Waals surface area contributed by atoms with Crippen molar-refractivity contribution in [3.63, 3.8) is 0 Å². The van der Waals surface area contributed by atoms with E-state index in [1.165, 1.54) is 6.20 Å². The summed E-state index contributed by atoms with van der Waals surface area (Å²) in [6.45, 7) is 6.59. The Kier molecular flexibility index (Phi) is 6.17. The van der Waals surface area contributed by atoms with Gasteiger partial charge in [0.1, 0.15) is 11.8 Å². The van der Waals surface area contributed by atoms with Crippen LogP contribution in [0.4, 0.5) is 0 Å². The zero-order chi connectivity index (χ0) is 21.0. The number of pyridine rings is 1. The molecule has 2 aromatic rings. The molecule has 1 aliphatic rings. The molecule has 2 N–H and O–H groups in total. The molecule has 1 unspecified atom stereocenters. The molecule has 154 valence electrons. The van der Waals surface area contributed by atoms with E-state index in [1.54, 1.807) is 12.3 Å². The third-order valence-electron chi connectivity index (χ3n) is 4.57. The molecule has 0 radical (unpaired) electrons. The maximum absolute atomic E-state index is 12.6. The molecule has 0 fully saturated rings. The van der Waals surface area contributed by atoms with Crippen molar-refractivity contribution < 1.29 is 24.2 Å². The Labute approximate surface area is 170 Å². The lowest BCUT2D eigenvalue weighted by molar-refractivity contribution is -0.140. The summed E-state index contributed by atoms with van der Waals surface area (Å²) >= 11 is 0. The quantitative estimate of drug-likeness (QED) is 0.744. The van der Waals surface area contributed by atoms with Crippen LogP contribution in [0.25, 0.3) is 11.1 Å². The van der Waals surface area contributed by atoms with Gasteiger partial charge in [0.15, 0.2) is 0 Å².